The van der Waals surface area contributed by atoms with Gasteiger partial charge in [0.05, 0.1) is 13.2 Å². The lowest BCUT2D eigenvalue weighted by molar-refractivity contribution is 0.0398. The second kappa shape index (κ2) is 9.25. The van der Waals surface area contributed by atoms with Crippen LogP contribution in [0.5, 0.6) is 0 Å². The zero-order valence-corrected chi connectivity index (χ0v) is 15.9. The Morgan fingerprint density at radius 3 is 2.54 bits per heavy atom. The van der Waals surface area contributed by atoms with Gasteiger partial charge in [0.15, 0.2) is 0 Å². The number of aryl methyl sites for hydroxylation is 1. The normalized spacial score (nSPS) is 19.5. The molecule has 1 aromatic heterocycles. The smallest absolute Gasteiger partial charge is 0.272 e. The molecule has 0 aliphatic carbocycles. The molecule has 2 saturated heterocycles. The molecule has 0 spiro atoms. The molecule has 8 heteroatoms. The summed E-state index contributed by atoms with van der Waals surface area (Å²) in [6.07, 6.45) is 0. The molecule has 2 aliphatic rings. The summed E-state index contributed by atoms with van der Waals surface area (Å²) in [5.74, 6) is 0.538. The Morgan fingerprint density at radius 1 is 1.12 bits per heavy atom. The highest BCUT2D eigenvalue weighted by molar-refractivity contribution is 5.92. The van der Waals surface area contributed by atoms with E-state index in [0.717, 1.165) is 77.8 Å². The van der Waals surface area contributed by atoms with Gasteiger partial charge in [-0.15, -0.1) is 0 Å². The molecule has 3 rings (SSSR count). The Morgan fingerprint density at radius 2 is 1.85 bits per heavy atom. The average molecular weight is 362 g/mol. The highest BCUT2D eigenvalue weighted by Crippen LogP contribution is 2.10. The number of rotatable bonds is 6. The van der Waals surface area contributed by atoms with Gasteiger partial charge in [-0.05, 0) is 19.5 Å². The molecule has 0 bridgehead atoms. The maximum Gasteiger partial charge on any atom is 0.272 e. The van der Waals surface area contributed by atoms with Crippen molar-refractivity contribution in [1.82, 2.24) is 24.7 Å². The maximum absolute atomic E-state index is 12.8. The number of nitrogens with one attached hydrogen (secondary N) is 1. The lowest BCUT2D eigenvalue weighted by Crippen LogP contribution is -2.48. The van der Waals surface area contributed by atoms with Crippen LogP contribution in [0.25, 0.3) is 0 Å². The maximum atomic E-state index is 12.8. The van der Waals surface area contributed by atoms with E-state index in [1.165, 1.54) is 0 Å². The van der Waals surface area contributed by atoms with Gasteiger partial charge >= 0.3 is 0 Å². The number of likely N-dealkylation sites (N-methyl/N-ethyl adjacent to an activating group) is 1. The molecule has 1 N–H and O–H groups in total. The van der Waals surface area contributed by atoms with Gasteiger partial charge in [0.2, 0.25) is 5.95 Å². The Bertz CT molecular complexity index is 597. The number of nitrogens with zero attached hydrogens (tertiary/aromatic N) is 5. The molecule has 0 saturated carbocycles. The zero-order chi connectivity index (χ0) is 18.4. The van der Waals surface area contributed by atoms with Crippen LogP contribution in [-0.2, 0) is 4.74 Å². The van der Waals surface area contributed by atoms with E-state index in [9.17, 15) is 4.79 Å². The number of carbonyl (C=O) groups excluding carboxylic acids is 1. The first-order chi connectivity index (χ1) is 12.7. The minimum atomic E-state index is 0.00230. The van der Waals surface area contributed by atoms with Crippen molar-refractivity contribution in [1.29, 1.82) is 0 Å². The van der Waals surface area contributed by atoms with Gasteiger partial charge in [-0.2, -0.15) is 0 Å². The number of amides is 1. The zero-order valence-electron chi connectivity index (χ0n) is 15.9. The summed E-state index contributed by atoms with van der Waals surface area (Å²) in [4.78, 5) is 28.3. The summed E-state index contributed by atoms with van der Waals surface area (Å²) in [6.45, 7) is 13.7. The summed E-state index contributed by atoms with van der Waals surface area (Å²) in [7, 11) is 0. The van der Waals surface area contributed by atoms with Crippen molar-refractivity contribution in [2.24, 2.45) is 0 Å². The molecule has 26 heavy (non-hydrogen) atoms. The number of piperazine rings is 1. The second-order valence-corrected chi connectivity index (χ2v) is 6.83. The van der Waals surface area contributed by atoms with Gasteiger partial charge < -0.3 is 19.9 Å². The molecule has 0 radical (unpaired) electrons. The lowest BCUT2D eigenvalue weighted by atomic mass is 10.2. The molecule has 144 valence electrons. The molecule has 0 unspecified atom stereocenters. The Labute approximate surface area is 155 Å². The van der Waals surface area contributed by atoms with Crippen LogP contribution < -0.4 is 5.32 Å². The number of hydrogen-bond acceptors (Lipinski definition) is 7. The highest BCUT2D eigenvalue weighted by Gasteiger charge is 2.23. The quantitative estimate of drug-likeness (QED) is 0.780. The van der Waals surface area contributed by atoms with Crippen molar-refractivity contribution < 1.29 is 9.53 Å². The van der Waals surface area contributed by atoms with Crippen LogP contribution in [0, 0.1) is 6.92 Å². The third-order valence-corrected chi connectivity index (χ3v) is 4.99. The standard InChI is InChI=1S/C18H30N6O2/c1-3-22-6-8-24(9-7-22)17(25)16-14-15(2)20-18(21-16)19-4-5-23-10-12-26-13-11-23/h14H,3-13H2,1-2H3,(H,19,20,21). The Hall–Kier alpha value is -1.77. The van der Waals surface area contributed by atoms with Crippen LogP contribution >= 0.6 is 0 Å². The first-order valence-electron chi connectivity index (χ1n) is 9.57. The van der Waals surface area contributed by atoms with Gasteiger partial charge in [0, 0.05) is 58.1 Å². The van der Waals surface area contributed by atoms with Gasteiger partial charge in [-0.3, -0.25) is 9.69 Å². The van der Waals surface area contributed by atoms with Crippen molar-refractivity contribution in [3.05, 3.63) is 17.5 Å². The molecular formula is C18H30N6O2. The number of ether oxygens (including phenoxy) is 1. The number of carbonyl (C=O) groups is 1. The molecule has 2 fully saturated rings. The third-order valence-electron chi connectivity index (χ3n) is 4.99. The number of anilines is 1. The fourth-order valence-electron chi connectivity index (χ4n) is 3.34. The Balaban J connectivity index is 1.55. The molecule has 1 amide bonds. The minimum absolute atomic E-state index is 0.00230. The summed E-state index contributed by atoms with van der Waals surface area (Å²) < 4.78 is 5.36. The fourth-order valence-corrected chi connectivity index (χ4v) is 3.34. The van der Waals surface area contributed by atoms with E-state index in [1.54, 1.807) is 6.07 Å². The summed E-state index contributed by atoms with van der Waals surface area (Å²) in [6, 6.07) is 1.78. The number of morpholine rings is 1. The van der Waals surface area contributed by atoms with E-state index in [0.29, 0.717) is 11.6 Å². The monoisotopic (exact) mass is 362 g/mol. The van der Waals surface area contributed by atoms with Gasteiger partial charge in [-0.25, -0.2) is 9.97 Å². The van der Waals surface area contributed by atoms with Crippen molar-refractivity contribution in [2.45, 2.75) is 13.8 Å². The molecule has 0 atom stereocenters. The van der Waals surface area contributed by atoms with E-state index in [4.69, 9.17) is 4.74 Å². The van der Waals surface area contributed by atoms with Crippen LogP contribution in [0.2, 0.25) is 0 Å². The lowest BCUT2D eigenvalue weighted by Gasteiger charge is -2.33. The summed E-state index contributed by atoms with van der Waals surface area (Å²) in [5.41, 5.74) is 1.29. The van der Waals surface area contributed by atoms with Crippen LogP contribution in [0.15, 0.2) is 6.07 Å². The van der Waals surface area contributed by atoms with Crippen LogP contribution in [-0.4, -0.2) is 103 Å². The fraction of sp³-hybridized carbons (Fsp3) is 0.722. The van der Waals surface area contributed by atoms with Crippen molar-refractivity contribution in [2.75, 3.05) is 77.4 Å². The third kappa shape index (κ3) is 5.12. The molecule has 2 aliphatic heterocycles. The van der Waals surface area contributed by atoms with E-state index in [2.05, 4.69) is 32.0 Å². The Kier molecular flexibility index (Phi) is 6.76. The van der Waals surface area contributed by atoms with Crippen LogP contribution in [0.1, 0.15) is 23.1 Å². The van der Waals surface area contributed by atoms with Crippen molar-refractivity contribution in [3.8, 4) is 0 Å². The molecule has 8 nitrogen and oxygen atoms in total. The van der Waals surface area contributed by atoms with Crippen LogP contribution in [0.3, 0.4) is 0 Å². The average Bonchev–Trinajstić information content (AvgIpc) is 2.68. The predicted molar refractivity (Wildman–Crippen MR) is 101 cm³/mol. The van der Waals surface area contributed by atoms with Gasteiger partial charge in [0.25, 0.3) is 5.91 Å². The topological polar surface area (TPSA) is 73.8 Å². The van der Waals surface area contributed by atoms with Crippen LogP contribution in [0.4, 0.5) is 5.95 Å². The van der Waals surface area contributed by atoms with E-state index in [-0.39, 0.29) is 5.91 Å². The summed E-state index contributed by atoms with van der Waals surface area (Å²) in [5, 5.41) is 3.26. The highest BCUT2D eigenvalue weighted by atomic mass is 16.5. The molecular weight excluding hydrogens is 332 g/mol. The molecule has 1 aromatic rings. The number of hydrogen-bond donors (Lipinski definition) is 1. The SMILES string of the molecule is CCN1CCN(C(=O)c2cc(C)nc(NCCN3CCOCC3)n2)CC1. The summed E-state index contributed by atoms with van der Waals surface area (Å²) >= 11 is 0. The first-order valence-corrected chi connectivity index (χ1v) is 9.57. The van der Waals surface area contributed by atoms with Gasteiger partial charge in [0.1, 0.15) is 5.69 Å². The van der Waals surface area contributed by atoms with E-state index >= 15 is 0 Å². The second-order valence-electron chi connectivity index (χ2n) is 6.83. The predicted octanol–water partition coefficient (Wildman–Crippen LogP) is 0.307. The first kappa shape index (κ1) is 19.0. The largest absolute Gasteiger partial charge is 0.379 e. The van der Waals surface area contributed by atoms with Gasteiger partial charge in [-0.1, -0.05) is 6.92 Å². The van der Waals surface area contributed by atoms with Crippen molar-refractivity contribution in [3.63, 3.8) is 0 Å². The number of aromatic nitrogens is 2. The van der Waals surface area contributed by atoms with E-state index < -0.39 is 0 Å². The molecule has 3 heterocycles. The minimum Gasteiger partial charge on any atom is -0.379 e. The van der Waals surface area contributed by atoms with Crippen molar-refractivity contribution >= 4 is 11.9 Å². The van der Waals surface area contributed by atoms with E-state index in [1.807, 2.05) is 11.8 Å². The molecule has 0 aromatic carbocycles.